The molecule has 2 unspecified atom stereocenters. The minimum Gasteiger partial charge on any atom is -0.444 e. The Balaban J connectivity index is 2.33. The Morgan fingerprint density at radius 1 is 1.27 bits per heavy atom. The van der Waals surface area contributed by atoms with Crippen molar-refractivity contribution in [2.75, 3.05) is 0 Å². The van der Waals surface area contributed by atoms with Crippen LogP contribution in [0.3, 0.4) is 0 Å². The number of carbonyl (C=O) groups is 2. The second-order valence-electron chi connectivity index (χ2n) is 6.87. The van der Waals surface area contributed by atoms with Crippen molar-refractivity contribution in [1.82, 2.24) is 4.90 Å². The van der Waals surface area contributed by atoms with Gasteiger partial charge >= 0.3 is 6.09 Å². The first-order valence-corrected chi connectivity index (χ1v) is 7.36. The number of rotatable bonds is 2. The highest BCUT2D eigenvalue weighted by molar-refractivity contribution is 5.76. The molecule has 1 fully saturated rings. The van der Waals surface area contributed by atoms with Crippen molar-refractivity contribution in [1.29, 1.82) is 0 Å². The first-order valence-electron chi connectivity index (χ1n) is 7.36. The molecule has 2 rings (SSSR count). The van der Waals surface area contributed by atoms with E-state index in [1.165, 1.54) is 4.90 Å². The summed E-state index contributed by atoms with van der Waals surface area (Å²) in [5.74, 6) is 0. The molecular formula is C17H23NO4. The van der Waals surface area contributed by atoms with Gasteiger partial charge in [-0.25, -0.2) is 4.79 Å². The van der Waals surface area contributed by atoms with Crippen molar-refractivity contribution in [3.8, 4) is 0 Å². The zero-order valence-electron chi connectivity index (χ0n) is 13.7. The summed E-state index contributed by atoms with van der Waals surface area (Å²) in [5.41, 5.74) is -0.696. The number of benzene rings is 1. The van der Waals surface area contributed by atoms with E-state index in [0.29, 0.717) is 0 Å². The van der Waals surface area contributed by atoms with E-state index < -0.39 is 29.6 Å². The van der Waals surface area contributed by atoms with Crippen molar-refractivity contribution in [3.63, 3.8) is 0 Å². The van der Waals surface area contributed by atoms with Crippen LogP contribution in [0.25, 0.3) is 0 Å². The lowest BCUT2D eigenvalue weighted by atomic mass is 10.0. The van der Waals surface area contributed by atoms with E-state index in [4.69, 9.17) is 9.47 Å². The third-order valence-corrected chi connectivity index (χ3v) is 3.46. The van der Waals surface area contributed by atoms with Gasteiger partial charge in [0, 0.05) is 0 Å². The Labute approximate surface area is 131 Å². The van der Waals surface area contributed by atoms with Crippen molar-refractivity contribution < 1.29 is 19.1 Å². The number of nitrogens with zero attached hydrogens (tertiary/aromatic N) is 1. The van der Waals surface area contributed by atoms with Crippen LogP contribution in [-0.2, 0) is 14.3 Å². The molecule has 1 aromatic rings. The molecule has 0 saturated carbocycles. The van der Waals surface area contributed by atoms with E-state index in [9.17, 15) is 9.59 Å². The average molecular weight is 305 g/mol. The van der Waals surface area contributed by atoms with Gasteiger partial charge in [-0.2, -0.15) is 0 Å². The largest absolute Gasteiger partial charge is 0.444 e. The summed E-state index contributed by atoms with van der Waals surface area (Å²) in [5, 5.41) is 0. The van der Waals surface area contributed by atoms with Crippen molar-refractivity contribution in [3.05, 3.63) is 35.9 Å². The zero-order valence-corrected chi connectivity index (χ0v) is 13.7. The molecule has 5 heteroatoms. The molecule has 1 saturated heterocycles. The lowest BCUT2D eigenvalue weighted by Crippen LogP contribution is -2.50. The molecule has 0 radical (unpaired) electrons. The predicted molar refractivity (Wildman–Crippen MR) is 82.3 cm³/mol. The summed E-state index contributed by atoms with van der Waals surface area (Å²) in [4.78, 5) is 25.5. The van der Waals surface area contributed by atoms with Gasteiger partial charge in [0.15, 0.2) is 0 Å². The van der Waals surface area contributed by atoms with Gasteiger partial charge in [-0.1, -0.05) is 30.3 Å². The fraction of sp³-hybridized carbons (Fsp3) is 0.529. The first kappa shape index (κ1) is 16.5. The van der Waals surface area contributed by atoms with Crippen LogP contribution in [0.4, 0.5) is 4.79 Å². The van der Waals surface area contributed by atoms with Crippen LogP contribution in [0.1, 0.15) is 46.3 Å². The van der Waals surface area contributed by atoms with Crippen molar-refractivity contribution in [2.24, 2.45) is 0 Å². The molecule has 1 heterocycles. The maximum absolute atomic E-state index is 12.5. The summed E-state index contributed by atoms with van der Waals surface area (Å²) < 4.78 is 11.4. The van der Waals surface area contributed by atoms with Crippen molar-refractivity contribution in [2.45, 2.75) is 58.1 Å². The fourth-order valence-corrected chi connectivity index (χ4v) is 2.62. The van der Waals surface area contributed by atoms with Gasteiger partial charge in [0.2, 0.25) is 0 Å². The normalized spacial score (nSPS) is 24.1. The number of hydrogen-bond acceptors (Lipinski definition) is 4. The lowest BCUT2D eigenvalue weighted by Gasteiger charge is -2.33. The van der Waals surface area contributed by atoms with E-state index in [0.717, 1.165) is 11.8 Å². The lowest BCUT2D eigenvalue weighted by molar-refractivity contribution is -0.113. The van der Waals surface area contributed by atoms with Gasteiger partial charge in [0.05, 0.1) is 0 Å². The molecule has 1 aliphatic heterocycles. The third-order valence-electron chi connectivity index (χ3n) is 3.46. The first-order chi connectivity index (χ1) is 10.2. The van der Waals surface area contributed by atoms with Crippen LogP contribution in [-0.4, -0.2) is 34.6 Å². The number of carbonyl (C=O) groups excluding carboxylic acids is 2. The molecule has 2 atom stereocenters. The second-order valence-corrected chi connectivity index (χ2v) is 6.87. The van der Waals surface area contributed by atoms with E-state index in [2.05, 4.69) is 0 Å². The van der Waals surface area contributed by atoms with Gasteiger partial charge < -0.3 is 14.3 Å². The van der Waals surface area contributed by atoms with Gasteiger partial charge in [-0.05, 0) is 40.2 Å². The predicted octanol–water partition coefficient (Wildman–Crippen LogP) is 3.30. The van der Waals surface area contributed by atoms with Crippen LogP contribution in [0.5, 0.6) is 0 Å². The van der Waals surface area contributed by atoms with E-state index in [1.54, 1.807) is 34.6 Å². The third kappa shape index (κ3) is 3.30. The highest BCUT2D eigenvalue weighted by atomic mass is 16.6. The molecule has 1 aromatic carbocycles. The number of hydrogen-bond donors (Lipinski definition) is 0. The van der Waals surface area contributed by atoms with Gasteiger partial charge in [-0.3, -0.25) is 4.90 Å². The maximum atomic E-state index is 12.5. The topological polar surface area (TPSA) is 55.8 Å². The maximum Gasteiger partial charge on any atom is 0.413 e. The minimum absolute atomic E-state index is 0.499. The van der Waals surface area contributed by atoms with Crippen molar-refractivity contribution >= 4 is 12.4 Å². The Hall–Kier alpha value is -1.88. The zero-order chi connectivity index (χ0) is 16.5. The summed E-state index contributed by atoms with van der Waals surface area (Å²) in [6, 6.07) is 8.71. The van der Waals surface area contributed by atoms with Gasteiger partial charge in [-0.15, -0.1) is 0 Å². The highest BCUT2D eigenvalue weighted by Gasteiger charge is 2.51. The number of aldehydes is 1. The molecule has 5 nitrogen and oxygen atoms in total. The van der Waals surface area contributed by atoms with Crippen LogP contribution in [0, 0.1) is 0 Å². The molecule has 0 spiro atoms. The average Bonchev–Trinajstić information content (AvgIpc) is 2.68. The Kier molecular flexibility index (Phi) is 4.29. The minimum atomic E-state index is -0.922. The van der Waals surface area contributed by atoms with Crippen LogP contribution in [0.15, 0.2) is 30.3 Å². The van der Waals surface area contributed by atoms with E-state index in [1.807, 2.05) is 30.3 Å². The Bertz CT molecular complexity index is 548. The van der Waals surface area contributed by atoms with Gasteiger partial charge in [0.25, 0.3) is 0 Å². The standard InChI is InChI=1S/C17H23NO4/c1-16(2,3)22-15(20)18-13(11-19)14(21-17(18,4)5)12-9-7-6-8-10-12/h6-11,13-14H,1-5H3. The van der Waals surface area contributed by atoms with Crippen LogP contribution >= 0.6 is 0 Å². The molecule has 0 aromatic heterocycles. The summed E-state index contributed by atoms with van der Waals surface area (Å²) >= 11 is 0. The molecule has 0 bridgehead atoms. The number of amides is 1. The quantitative estimate of drug-likeness (QED) is 0.787. The highest BCUT2D eigenvalue weighted by Crippen LogP contribution is 2.40. The van der Waals surface area contributed by atoms with E-state index in [-0.39, 0.29) is 0 Å². The fourth-order valence-electron chi connectivity index (χ4n) is 2.62. The molecule has 0 N–H and O–H groups in total. The SMILES string of the molecule is CC(C)(C)OC(=O)N1C(C=O)C(c2ccccc2)OC1(C)C. The smallest absolute Gasteiger partial charge is 0.413 e. The molecule has 120 valence electrons. The molecule has 1 amide bonds. The van der Waals surface area contributed by atoms with E-state index >= 15 is 0 Å². The molecular weight excluding hydrogens is 282 g/mol. The molecule has 22 heavy (non-hydrogen) atoms. The summed E-state index contributed by atoms with van der Waals surface area (Å²) in [7, 11) is 0. The second kappa shape index (κ2) is 5.72. The Morgan fingerprint density at radius 3 is 2.36 bits per heavy atom. The molecule has 0 aliphatic carbocycles. The molecule has 1 aliphatic rings. The number of ether oxygens (including phenoxy) is 2. The van der Waals surface area contributed by atoms with Crippen LogP contribution in [0.2, 0.25) is 0 Å². The summed E-state index contributed by atoms with van der Waals surface area (Å²) in [6.07, 6.45) is -0.301. The monoisotopic (exact) mass is 305 g/mol. The van der Waals surface area contributed by atoms with Crippen LogP contribution < -0.4 is 0 Å². The van der Waals surface area contributed by atoms with Gasteiger partial charge in [0.1, 0.15) is 29.8 Å². The summed E-state index contributed by atoms with van der Waals surface area (Å²) in [6.45, 7) is 8.89. The Morgan fingerprint density at radius 2 is 1.86 bits per heavy atom.